The molecular formula is C15H10BrF3O. The Kier molecular flexibility index (Phi) is 4.49. The third kappa shape index (κ3) is 3.42. The minimum absolute atomic E-state index is 0.219. The molecule has 0 saturated carbocycles. The zero-order valence-corrected chi connectivity index (χ0v) is 11.8. The topological polar surface area (TPSA) is 9.23 Å². The zero-order valence-electron chi connectivity index (χ0n) is 10.2. The van der Waals surface area contributed by atoms with Crippen LogP contribution in [0.1, 0.15) is 11.1 Å². The maximum absolute atomic E-state index is 13.9. The average molecular weight is 343 g/mol. The van der Waals surface area contributed by atoms with Crippen LogP contribution in [-0.4, -0.2) is 6.61 Å². The largest absolute Gasteiger partial charge is 0.435 e. The Balaban J connectivity index is 2.31. The second-order valence-electron chi connectivity index (χ2n) is 4.01. The lowest BCUT2D eigenvalue weighted by atomic mass is 9.99. The first kappa shape index (κ1) is 14.7. The van der Waals surface area contributed by atoms with Crippen molar-refractivity contribution in [1.82, 2.24) is 0 Å². The Morgan fingerprint density at radius 3 is 2.50 bits per heavy atom. The van der Waals surface area contributed by atoms with Gasteiger partial charge in [0.25, 0.3) is 0 Å². The van der Waals surface area contributed by atoms with Gasteiger partial charge < -0.3 is 4.74 Å². The summed E-state index contributed by atoms with van der Waals surface area (Å²) < 4.78 is 43.0. The van der Waals surface area contributed by atoms with Gasteiger partial charge in [-0.1, -0.05) is 34.6 Å². The summed E-state index contributed by atoms with van der Waals surface area (Å²) in [6.45, 7) is 0.860. The van der Waals surface area contributed by atoms with Crippen molar-refractivity contribution in [3.8, 4) is 5.75 Å². The molecule has 0 aliphatic heterocycles. The van der Waals surface area contributed by atoms with Crippen molar-refractivity contribution in [2.24, 2.45) is 0 Å². The number of alkyl halides is 2. The lowest BCUT2D eigenvalue weighted by Crippen LogP contribution is -2.02. The van der Waals surface area contributed by atoms with Crippen LogP contribution in [0.4, 0.5) is 13.2 Å². The van der Waals surface area contributed by atoms with E-state index < -0.39 is 12.4 Å². The Morgan fingerprint density at radius 1 is 1.15 bits per heavy atom. The molecule has 2 rings (SSSR count). The first-order valence-corrected chi connectivity index (χ1v) is 6.46. The summed E-state index contributed by atoms with van der Waals surface area (Å²) in [5.74, 6) is -0.878. The Morgan fingerprint density at radius 2 is 1.90 bits per heavy atom. The highest BCUT2D eigenvalue weighted by molar-refractivity contribution is 9.10. The lowest BCUT2D eigenvalue weighted by Gasteiger charge is -2.10. The summed E-state index contributed by atoms with van der Waals surface area (Å²) in [5.41, 5.74) is 1.44. The number of ether oxygens (including phenoxy) is 1. The van der Waals surface area contributed by atoms with E-state index in [1.54, 1.807) is 18.2 Å². The Hall–Kier alpha value is -1.75. The van der Waals surface area contributed by atoms with Crippen molar-refractivity contribution in [3.05, 3.63) is 70.5 Å². The fraction of sp³-hybridized carbons (Fsp3) is 0.0667. The van der Waals surface area contributed by atoms with Gasteiger partial charge >= 0.3 is 6.61 Å². The van der Waals surface area contributed by atoms with Crippen LogP contribution in [-0.2, 0) is 0 Å². The van der Waals surface area contributed by atoms with E-state index in [1.807, 2.05) is 6.07 Å². The molecule has 0 amide bonds. The molecule has 0 unspecified atom stereocenters. The quantitative estimate of drug-likeness (QED) is 0.737. The van der Waals surface area contributed by atoms with Crippen molar-refractivity contribution in [2.75, 3.05) is 0 Å². The minimum atomic E-state index is -2.98. The van der Waals surface area contributed by atoms with E-state index in [1.165, 1.54) is 12.1 Å². The molecule has 2 aromatic carbocycles. The first-order chi connectivity index (χ1) is 9.47. The molecule has 0 spiro atoms. The molecule has 0 aromatic heterocycles. The van der Waals surface area contributed by atoms with Crippen LogP contribution < -0.4 is 4.74 Å². The van der Waals surface area contributed by atoms with Crippen LogP contribution in [0.5, 0.6) is 5.75 Å². The molecule has 0 atom stereocenters. The van der Waals surface area contributed by atoms with Gasteiger partial charge in [-0.3, -0.25) is 0 Å². The van der Waals surface area contributed by atoms with Gasteiger partial charge in [0.1, 0.15) is 11.6 Å². The molecule has 0 N–H and O–H groups in total. The monoisotopic (exact) mass is 342 g/mol. The van der Waals surface area contributed by atoms with Crippen molar-refractivity contribution >= 4 is 21.5 Å². The Labute approximate surface area is 122 Å². The van der Waals surface area contributed by atoms with E-state index in [0.29, 0.717) is 5.57 Å². The van der Waals surface area contributed by atoms with E-state index in [9.17, 15) is 13.2 Å². The number of hydrogen-bond acceptors (Lipinski definition) is 1. The number of halogens is 4. The second-order valence-corrected chi connectivity index (χ2v) is 4.92. The van der Waals surface area contributed by atoms with Crippen molar-refractivity contribution in [1.29, 1.82) is 0 Å². The molecule has 0 saturated heterocycles. The molecule has 20 heavy (non-hydrogen) atoms. The van der Waals surface area contributed by atoms with Gasteiger partial charge in [-0.15, -0.1) is 0 Å². The fourth-order valence-corrected chi connectivity index (χ4v) is 2.15. The summed E-state index contributed by atoms with van der Waals surface area (Å²) in [4.78, 5) is 0. The van der Waals surface area contributed by atoms with E-state index in [-0.39, 0.29) is 11.3 Å². The van der Waals surface area contributed by atoms with Crippen LogP contribution in [0.2, 0.25) is 0 Å². The molecule has 104 valence electrons. The van der Waals surface area contributed by atoms with Crippen LogP contribution in [0.25, 0.3) is 5.57 Å². The van der Waals surface area contributed by atoms with Gasteiger partial charge in [-0.05, 0) is 35.4 Å². The summed E-state index contributed by atoms with van der Waals surface area (Å²) in [7, 11) is 0. The Bertz CT molecular complexity index is 641. The van der Waals surface area contributed by atoms with Gasteiger partial charge in [0.05, 0.1) is 0 Å². The molecule has 0 bridgehead atoms. The highest BCUT2D eigenvalue weighted by Gasteiger charge is 2.12. The van der Waals surface area contributed by atoms with Crippen molar-refractivity contribution in [2.45, 2.75) is 6.61 Å². The number of benzene rings is 2. The predicted molar refractivity (Wildman–Crippen MR) is 75.3 cm³/mol. The van der Waals surface area contributed by atoms with E-state index in [2.05, 4.69) is 27.2 Å². The second kappa shape index (κ2) is 6.13. The predicted octanol–water partition coefficient (Wildman–Crippen LogP) is 5.25. The third-order valence-electron chi connectivity index (χ3n) is 2.66. The van der Waals surface area contributed by atoms with Gasteiger partial charge in [0, 0.05) is 16.1 Å². The maximum Gasteiger partial charge on any atom is 0.387 e. The van der Waals surface area contributed by atoms with Crippen LogP contribution in [0.3, 0.4) is 0 Å². The van der Waals surface area contributed by atoms with Crippen molar-refractivity contribution in [3.63, 3.8) is 0 Å². The van der Waals surface area contributed by atoms with E-state index >= 15 is 0 Å². The molecule has 0 aliphatic carbocycles. The fourth-order valence-electron chi connectivity index (χ4n) is 1.75. The van der Waals surface area contributed by atoms with Crippen LogP contribution in [0, 0.1) is 5.82 Å². The lowest BCUT2D eigenvalue weighted by molar-refractivity contribution is -0.0499. The van der Waals surface area contributed by atoms with Gasteiger partial charge in [0.2, 0.25) is 0 Å². The van der Waals surface area contributed by atoms with Crippen LogP contribution in [0.15, 0.2) is 53.5 Å². The highest BCUT2D eigenvalue weighted by Crippen LogP contribution is 2.28. The number of hydrogen-bond donors (Lipinski definition) is 0. The van der Waals surface area contributed by atoms with Crippen molar-refractivity contribution < 1.29 is 17.9 Å². The first-order valence-electron chi connectivity index (χ1n) is 5.67. The molecule has 0 fully saturated rings. The summed E-state index contributed by atoms with van der Waals surface area (Å²) >= 11 is 3.32. The maximum atomic E-state index is 13.9. The van der Waals surface area contributed by atoms with Crippen LogP contribution >= 0.6 is 15.9 Å². The van der Waals surface area contributed by atoms with Gasteiger partial charge in [-0.25, -0.2) is 4.39 Å². The molecule has 0 radical (unpaired) electrons. The number of rotatable bonds is 4. The summed E-state index contributed by atoms with van der Waals surface area (Å²) in [6.07, 6.45) is 0. The molecule has 0 heterocycles. The molecular weight excluding hydrogens is 333 g/mol. The highest BCUT2D eigenvalue weighted by atomic mass is 79.9. The summed E-state index contributed by atoms with van der Waals surface area (Å²) in [5, 5.41) is 0. The minimum Gasteiger partial charge on any atom is -0.435 e. The summed E-state index contributed by atoms with van der Waals surface area (Å²) in [6, 6.07) is 10.8. The standard InChI is InChI=1S/C15H10BrF3O/c1-9(10-3-2-4-11(16)7-10)13-6-5-12(8-14(13)17)20-15(18)19/h2-8,15H,1H2. The smallest absolute Gasteiger partial charge is 0.387 e. The molecule has 0 aliphatic rings. The normalized spacial score (nSPS) is 10.7. The zero-order chi connectivity index (χ0) is 14.7. The third-order valence-corrected chi connectivity index (χ3v) is 3.16. The van der Waals surface area contributed by atoms with Gasteiger partial charge in [-0.2, -0.15) is 8.78 Å². The molecule has 2 aromatic rings. The van der Waals surface area contributed by atoms with E-state index in [4.69, 9.17) is 0 Å². The molecule has 1 nitrogen and oxygen atoms in total. The van der Waals surface area contributed by atoms with Gasteiger partial charge in [0.15, 0.2) is 0 Å². The molecule has 5 heteroatoms. The SMILES string of the molecule is C=C(c1cccc(Br)c1)c1ccc(OC(F)F)cc1F. The van der Waals surface area contributed by atoms with E-state index in [0.717, 1.165) is 16.1 Å². The average Bonchev–Trinajstić information content (AvgIpc) is 2.37.